The third-order valence-electron chi connectivity index (χ3n) is 4.34. The standard InChI is InChI=1S/C18H23N3O/c1-18(2,3)15-6-4-5-7-16(15)20-17(22)13-8-9-21-12-19-11-14(21)10-13/h4-7,11-13H,8-10H2,1-3H3,(H,20,22). The molecular weight excluding hydrogens is 274 g/mol. The Morgan fingerprint density at radius 2 is 2.09 bits per heavy atom. The fraction of sp³-hybridized carbons (Fsp3) is 0.444. The van der Waals surface area contributed by atoms with Gasteiger partial charge in [-0.1, -0.05) is 39.0 Å². The fourth-order valence-electron chi connectivity index (χ4n) is 3.07. The molecule has 0 saturated carbocycles. The molecule has 0 saturated heterocycles. The zero-order valence-electron chi connectivity index (χ0n) is 13.5. The molecule has 0 aliphatic carbocycles. The van der Waals surface area contributed by atoms with Gasteiger partial charge in [0.05, 0.1) is 6.33 Å². The third kappa shape index (κ3) is 2.91. The van der Waals surface area contributed by atoms with Crippen molar-refractivity contribution >= 4 is 11.6 Å². The first kappa shape index (κ1) is 14.8. The van der Waals surface area contributed by atoms with Crippen LogP contribution >= 0.6 is 0 Å². The van der Waals surface area contributed by atoms with Gasteiger partial charge >= 0.3 is 0 Å². The maximum Gasteiger partial charge on any atom is 0.227 e. The molecule has 1 unspecified atom stereocenters. The van der Waals surface area contributed by atoms with E-state index in [1.54, 1.807) is 0 Å². The van der Waals surface area contributed by atoms with Crippen molar-refractivity contribution in [3.8, 4) is 0 Å². The Morgan fingerprint density at radius 3 is 2.86 bits per heavy atom. The molecule has 4 nitrogen and oxygen atoms in total. The molecule has 0 bridgehead atoms. The quantitative estimate of drug-likeness (QED) is 0.923. The Balaban J connectivity index is 1.76. The molecule has 1 N–H and O–H groups in total. The molecule has 1 atom stereocenters. The Hall–Kier alpha value is -2.10. The van der Waals surface area contributed by atoms with Crippen molar-refractivity contribution < 1.29 is 4.79 Å². The van der Waals surface area contributed by atoms with Crippen LogP contribution in [-0.2, 0) is 23.2 Å². The highest BCUT2D eigenvalue weighted by Crippen LogP contribution is 2.30. The Morgan fingerprint density at radius 1 is 1.32 bits per heavy atom. The van der Waals surface area contributed by atoms with Crippen LogP contribution < -0.4 is 5.32 Å². The maximum atomic E-state index is 12.6. The number of aromatic nitrogens is 2. The first-order valence-electron chi connectivity index (χ1n) is 7.84. The van der Waals surface area contributed by atoms with E-state index < -0.39 is 0 Å². The Kier molecular flexibility index (Phi) is 3.77. The number of para-hydroxylation sites is 1. The number of anilines is 1. The molecule has 116 valence electrons. The van der Waals surface area contributed by atoms with Crippen LogP contribution in [0.2, 0.25) is 0 Å². The van der Waals surface area contributed by atoms with E-state index in [-0.39, 0.29) is 17.2 Å². The molecule has 0 spiro atoms. The van der Waals surface area contributed by atoms with Crippen molar-refractivity contribution in [3.63, 3.8) is 0 Å². The van der Waals surface area contributed by atoms with Gasteiger partial charge in [-0.2, -0.15) is 0 Å². The van der Waals surface area contributed by atoms with Crippen molar-refractivity contribution in [2.45, 2.75) is 45.6 Å². The lowest BCUT2D eigenvalue weighted by molar-refractivity contribution is -0.120. The highest BCUT2D eigenvalue weighted by atomic mass is 16.1. The van der Waals surface area contributed by atoms with Crippen molar-refractivity contribution in [2.75, 3.05) is 5.32 Å². The fourth-order valence-corrected chi connectivity index (χ4v) is 3.07. The van der Waals surface area contributed by atoms with Crippen molar-refractivity contribution in [2.24, 2.45) is 5.92 Å². The molecule has 1 aromatic heterocycles. The van der Waals surface area contributed by atoms with Crippen LogP contribution in [0.25, 0.3) is 0 Å². The lowest BCUT2D eigenvalue weighted by Crippen LogP contribution is -2.30. The molecule has 1 amide bonds. The molecule has 1 aliphatic heterocycles. The Bertz CT molecular complexity index is 682. The molecular formula is C18H23N3O. The van der Waals surface area contributed by atoms with Gasteiger partial charge in [-0.3, -0.25) is 4.79 Å². The third-order valence-corrected chi connectivity index (χ3v) is 4.34. The number of nitrogens with zero attached hydrogens (tertiary/aromatic N) is 2. The summed E-state index contributed by atoms with van der Waals surface area (Å²) in [5, 5.41) is 3.14. The minimum Gasteiger partial charge on any atom is -0.335 e. The minimum atomic E-state index is 0.00899. The lowest BCUT2D eigenvalue weighted by atomic mass is 9.85. The number of benzene rings is 1. The van der Waals surface area contributed by atoms with Gasteiger partial charge in [-0.05, 0) is 23.5 Å². The van der Waals surface area contributed by atoms with Gasteiger partial charge in [0.15, 0.2) is 0 Å². The topological polar surface area (TPSA) is 46.9 Å². The van der Waals surface area contributed by atoms with Gasteiger partial charge in [-0.15, -0.1) is 0 Å². The average molecular weight is 297 g/mol. The lowest BCUT2D eigenvalue weighted by Gasteiger charge is -2.26. The summed E-state index contributed by atoms with van der Waals surface area (Å²) in [5.41, 5.74) is 3.26. The van der Waals surface area contributed by atoms with E-state index in [4.69, 9.17) is 0 Å². The van der Waals surface area contributed by atoms with Gasteiger partial charge in [-0.25, -0.2) is 4.98 Å². The first-order chi connectivity index (χ1) is 10.4. The summed E-state index contributed by atoms with van der Waals surface area (Å²) < 4.78 is 2.13. The van der Waals surface area contributed by atoms with Crippen molar-refractivity contribution in [1.82, 2.24) is 9.55 Å². The molecule has 22 heavy (non-hydrogen) atoms. The van der Waals surface area contributed by atoms with Crippen molar-refractivity contribution in [3.05, 3.63) is 48.0 Å². The van der Waals surface area contributed by atoms with Crippen LogP contribution in [0.1, 0.15) is 38.4 Å². The van der Waals surface area contributed by atoms with E-state index in [0.717, 1.165) is 30.8 Å². The van der Waals surface area contributed by atoms with E-state index in [2.05, 4.69) is 41.7 Å². The molecule has 2 aromatic rings. The zero-order valence-corrected chi connectivity index (χ0v) is 13.5. The molecule has 4 heteroatoms. The normalized spacial score (nSPS) is 17.9. The zero-order chi connectivity index (χ0) is 15.7. The van der Waals surface area contributed by atoms with Crippen LogP contribution in [0.4, 0.5) is 5.69 Å². The van der Waals surface area contributed by atoms with E-state index >= 15 is 0 Å². The minimum absolute atomic E-state index is 0.00899. The monoisotopic (exact) mass is 297 g/mol. The van der Waals surface area contributed by atoms with Gasteiger partial charge in [0, 0.05) is 36.5 Å². The molecule has 3 rings (SSSR count). The summed E-state index contributed by atoms with van der Waals surface area (Å²) in [5.74, 6) is 0.140. The molecule has 1 aliphatic rings. The summed E-state index contributed by atoms with van der Waals surface area (Å²) in [6.07, 6.45) is 5.34. The van der Waals surface area contributed by atoms with E-state index in [1.165, 1.54) is 5.56 Å². The molecule has 2 heterocycles. The summed E-state index contributed by atoms with van der Waals surface area (Å²) >= 11 is 0. The number of hydrogen-bond acceptors (Lipinski definition) is 2. The van der Waals surface area contributed by atoms with Gasteiger partial charge in [0.1, 0.15) is 0 Å². The summed E-state index contributed by atoms with van der Waals surface area (Å²) in [6.45, 7) is 7.36. The van der Waals surface area contributed by atoms with Crippen LogP contribution in [0.5, 0.6) is 0 Å². The van der Waals surface area contributed by atoms with E-state index in [1.807, 2.05) is 30.7 Å². The second-order valence-corrected chi connectivity index (χ2v) is 7.05. The number of imidazole rings is 1. The predicted molar refractivity (Wildman–Crippen MR) is 87.8 cm³/mol. The highest BCUT2D eigenvalue weighted by Gasteiger charge is 2.26. The molecule has 1 aromatic carbocycles. The van der Waals surface area contributed by atoms with Gasteiger partial charge < -0.3 is 9.88 Å². The van der Waals surface area contributed by atoms with Crippen LogP contribution in [0, 0.1) is 5.92 Å². The van der Waals surface area contributed by atoms with E-state index in [9.17, 15) is 4.79 Å². The number of hydrogen-bond donors (Lipinski definition) is 1. The smallest absolute Gasteiger partial charge is 0.227 e. The summed E-state index contributed by atoms with van der Waals surface area (Å²) in [4.78, 5) is 16.8. The number of carbonyl (C=O) groups is 1. The second-order valence-electron chi connectivity index (χ2n) is 7.05. The van der Waals surface area contributed by atoms with Crippen molar-refractivity contribution in [1.29, 1.82) is 0 Å². The maximum absolute atomic E-state index is 12.6. The van der Waals surface area contributed by atoms with Gasteiger partial charge in [0.25, 0.3) is 0 Å². The average Bonchev–Trinajstić information content (AvgIpc) is 2.94. The summed E-state index contributed by atoms with van der Waals surface area (Å²) in [7, 11) is 0. The van der Waals surface area contributed by atoms with Crippen LogP contribution in [-0.4, -0.2) is 15.5 Å². The molecule has 0 radical (unpaired) electrons. The van der Waals surface area contributed by atoms with Gasteiger partial charge in [0.2, 0.25) is 5.91 Å². The van der Waals surface area contributed by atoms with Crippen LogP contribution in [0.3, 0.4) is 0 Å². The predicted octanol–water partition coefficient (Wildman–Crippen LogP) is 3.38. The largest absolute Gasteiger partial charge is 0.335 e. The number of amides is 1. The number of nitrogens with one attached hydrogen (secondary N) is 1. The number of fused-ring (bicyclic) bond motifs is 1. The first-order valence-corrected chi connectivity index (χ1v) is 7.84. The van der Waals surface area contributed by atoms with E-state index in [0.29, 0.717) is 0 Å². The number of carbonyl (C=O) groups excluding carboxylic acids is 1. The van der Waals surface area contributed by atoms with Crippen LogP contribution in [0.15, 0.2) is 36.8 Å². The Labute approximate surface area is 131 Å². The number of aryl methyl sites for hydroxylation is 1. The molecule has 0 fully saturated rings. The number of rotatable bonds is 2. The highest BCUT2D eigenvalue weighted by molar-refractivity contribution is 5.93. The SMILES string of the molecule is CC(C)(C)c1ccccc1NC(=O)C1CCn2cncc2C1. The summed E-state index contributed by atoms with van der Waals surface area (Å²) in [6, 6.07) is 8.08. The second kappa shape index (κ2) is 5.59.